The second-order valence-corrected chi connectivity index (χ2v) is 5.83. The van der Waals surface area contributed by atoms with Crippen molar-refractivity contribution in [3.63, 3.8) is 0 Å². The SMILES string of the molecule is NC(Cc1cccc2ccccc12)CC1CCCCO1. The Labute approximate surface area is 120 Å². The van der Waals surface area contributed by atoms with Crippen LogP contribution >= 0.6 is 0 Å². The maximum absolute atomic E-state index is 6.35. The van der Waals surface area contributed by atoms with Gasteiger partial charge in [0, 0.05) is 12.6 Å². The van der Waals surface area contributed by atoms with Gasteiger partial charge in [0.25, 0.3) is 0 Å². The zero-order valence-electron chi connectivity index (χ0n) is 11.9. The van der Waals surface area contributed by atoms with Crippen molar-refractivity contribution in [3.8, 4) is 0 Å². The summed E-state index contributed by atoms with van der Waals surface area (Å²) < 4.78 is 5.79. The highest BCUT2D eigenvalue weighted by Gasteiger charge is 2.17. The van der Waals surface area contributed by atoms with Crippen LogP contribution in [0.2, 0.25) is 0 Å². The summed E-state index contributed by atoms with van der Waals surface area (Å²) in [6.45, 7) is 0.908. The molecule has 1 aliphatic rings. The smallest absolute Gasteiger partial charge is 0.0590 e. The van der Waals surface area contributed by atoms with Crippen LogP contribution in [-0.2, 0) is 11.2 Å². The molecule has 2 unspecified atom stereocenters. The molecule has 106 valence electrons. The molecule has 3 rings (SSSR count). The third-order valence-electron chi connectivity index (χ3n) is 4.20. The third-order valence-corrected chi connectivity index (χ3v) is 4.20. The topological polar surface area (TPSA) is 35.2 Å². The molecule has 2 aromatic rings. The van der Waals surface area contributed by atoms with Crippen LogP contribution in [0.15, 0.2) is 42.5 Å². The third kappa shape index (κ3) is 3.20. The number of benzene rings is 2. The predicted molar refractivity (Wildman–Crippen MR) is 83.8 cm³/mol. The Balaban J connectivity index is 1.69. The largest absolute Gasteiger partial charge is 0.378 e. The quantitative estimate of drug-likeness (QED) is 0.919. The van der Waals surface area contributed by atoms with Gasteiger partial charge in [0.15, 0.2) is 0 Å². The Kier molecular flexibility index (Phi) is 4.34. The molecule has 1 fully saturated rings. The van der Waals surface area contributed by atoms with Crippen LogP contribution in [0.1, 0.15) is 31.2 Å². The van der Waals surface area contributed by atoms with E-state index in [1.807, 2.05) is 0 Å². The molecule has 2 nitrogen and oxygen atoms in total. The lowest BCUT2D eigenvalue weighted by atomic mass is 9.94. The van der Waals surface area contributed by atoms with Crippen molar-refractivity contribution in [1.82, 2.24) is 0 Å². The van der Waals surface area contributed by atoms with Crippen LogP contribution in [0.4, 0.5) is 0 Å². The Morgan fingerprint density at radius 2 is 1.95 bits per heavy atom. The second-order valence-electron chi connectivity index (χ2n) is 5.83. The second kappa shape index (κ2) is 6.38. The minimum atomic E-state index is 0.184. The van der Waals surface area contributed by atoms with Crippen molar-refractivity contribution in [3.05, 3.63) is 48.0 Å². The molecular formula is C18H23NO. The van der Waals surface area contributed by atoms with Gasteiger partial charge in [0.1, 0.15) is 0 Å². The Morgan fingerprint density at radius 3 is 2.80 bits per heavy atom. The van der Waals surface area contributed by atoms with Crippen molar-refractivity contribution < 1.29 is 4.74 Å². The summed E-state index contributed by atoms with van der Waals surface area (Å²) in [6.07, 6.45) is 5.93. The molecule has 2 atom stereocenters. The van der Waals surface area contributed by atoms with Crippen molar-refractivity contribution in [2.75, 3.05) is 6.61 Å². The van der Waals surface area contributed by atoms with Crippen LogP contribution in [0.25, 0.3) is 10.8 Å². The molecule has 0 radical (unpaired) electrons. The normalized spacial score (nSPS) is 20.9. The first-order valence-electron chi connectivity index (χ1n) is 7.67. The Bertz CT molecular complexity index is 555. The van der Waals surface area contributed by atoms with Crippen molar-refractivity contribution in [2.45, 2.75) is 44.2 Å². The summed E-state index contributed by atoms with van der Waals surface area (Å²) in [7, 11) is 0. The number of fused-ring (bicyclic) bond motifs is 1. The molecule has 0 spiro atoms. The van der Waals surface area contributed by atoms with Gasteiger partial charge in [-0.2, -0.15) is 0 Å². The van der Waals surface area contributed by atoms with Crippen LogP contribution in [0.3, 0.4) is 0 Å². The summed E-state index contributed by atoms with van der Waals surface area (Å²) in [5.74, 6) is 0. The lowest BCUT2D eigenvalue weighted by Gasteiger charge is -2.25. The minimum absolute atomic E-state index is 0.184. The first-order valence-corrected chi connectivity index (χ1v) is 7.67. The van der Waals surface area contributed by atoms with E-state index in [-0.39, 0.29) is 6.04 Å². The number of nitrogens with two attached hydrogens (primary N) is 1. The fourth-order valence-corrected chi connectivity index (χ4v) is 3.17. The highest BCUT2D eigenvalue weighted by molar-refractivity contribution is 5.85. The Morgan fingerprint density at radius 1 is 1.10 bits per heavy atom. The van der Waals surface area contributed by atoms with Crippen molar-refractivity contribution >= 4 is 10.8 Å². The molecular weight excluding hydrogens is 246 g/mol. The van der Waals surface area contributed by atoms with Gasteiger partial charge in [-0.15, -0.1) is 0 Å². The van der Waals surface area contributed by atoms with E-state index < -0.39 is 0 Å². The molecule has 0 aromatic heterocycles. The lowest BCUT2D eigenvalue weighted by Crippen LogP contribution is -2.31. The van der Waals surface area contributed by atoms with E-state index in [9.17, 15) is 0 Å². The van der Waals surface area contributed by atoms with Crippen LogP contribution in [0, 0.1) is 0 Å². The first-order chi connectivity index (χ1) is 9.83. The summed E-state index contributed by atoms with van der Waals surface area (Å²) in [5, 5.41) is 2.63. The zero-order chi connectivity index (χ0) is 13.8. The van der Waals surface area contributed by atoms with E-state index in [0.717, 1.165) is 19.4 Å². The zero-order valence-corrected chi connectivity index (χ0v) is 11.9. The van der Waals surface area contributed by atoms with E-state index in [4.69, 9.17) is 10.5 Å². The van der Waals surface area contributed by atoms with Gasteiger partial charge in [-0.3, -0.25) is 0 Å². The number of ether oxygens (including phenoxy) is 1. The predicted octanol–water partition coefficient (Wildman–Crippen LogP) is 3.67. The van der Waals surface area contributed by atoms with E-state index >= 15 is 0 Å². The van der Waals surface area contributed by atoms with Crippen molar-refractivity contribution in [1.29, 1.82) is 0 Å². The summed E-state index contributed by atoms with van der Waals surface area (Å²) >= 11 is 0. The van der Waals surface area contributed by atoms with E-state index in [1.165, 1.54) is 35.6 Å². The average Bonchev–Trinajstić information content (AvgIpc) is 2.48. The summed E-state index contributed by atoms with van der Waals surface area (Å²) in [4.78, 5) is 0. The van der Waals surface area contributed by atoms with E-state index in [1.54, 1.807) is 0 Å². The van der Waals surface area contributed by atoms with Gasteiger partial charge in [-0.05, 0) is 48.4 Å². The van der Waals surface area contributed by atoms with E-state index in [0.29, 0.717) is 6.10 Å². The van der Waals surface area contributed by atoms with Crippen LogP contribution < -0.4 is 5.73 Å². The standard InChI is InChI=1S/C18H23NO/c19-16(13-17-9-3-4-11-20-17)12-15-8-5-7-14-6-1-2-10-18(14)15/h1-2,5-8,10,16-17H,3-4,9,11-13,19H2. The molecule has 1 heterocycles. The first kappa shape index (κ1) is 13.6. The Hall–Kier alpha value is -1.38. The molecule has 2 N–H and O–H groups in total. The molecule has 1 saturated heterocycles. The number of hydrogen-bond donors (Lipinski definition) is 1. The number of rotatable bonds is 4. The maximum atomic E-state index is 6.35. The summed E-state index contributed by atoms with van der Waals surface area (Å²) in [5.41, 5.74) is 7.70. The van der Waals surface area contributed by atoms with Gasteiger partial charge in [0.2, 0.25) is 0 Å². The highest BCUT2D eigenvalue weighted by atomic mass is 16.5. The molecule has 2 aromatic carbocycles. The maximum Gasteiger partial charge on any atom is 0.0590 e. The highest BCUT2D eigenvalue weighted by Crippen LogP contribution is 2.22. The monoisotopic (exact) mass is 269 g/mol. The fourth-order valence-electron chi connectivity index (χ4n) is 3.17. The van der Waals surface area contributed by atoms with Gasteiger partial charge in [-0.1, -0.05) is 42.5 Å². The lowest BCUT2D eigenvalue weighted by molar-refractivity contribution is 0.00748. The van der Waals surface area contributed by atoms with Gasteiger partial charge >= 0.3 is 0 Å². The minimum Gasteiger partial charge on any atom is -0.378 e. The number of hydrogen-bond acceptors (Lipinski definition) is 2. The average molecular weight is 269 g/mol. The van der Waals surface area contributed by atoms with E-state index in [2.05, 4.69) is 42.5 Å². The van der Waals surface area contributed by atoms with Gasteiger partial charge < -0.3 is 10.5 Å². The molecule has 0 amide bonds. The van der Waals surface area contributed by atoms with Gasteiger partial charge in [0.05, 0.1) is 6.10 Å². The molecule has 0 bridgehead atoms. The molecule has 1 aliphatic heterocycles. The van der Waals surface area contributed by atoms with Gasteiger partial charge in [-0.25, -0.2) is 0 Å². The fraction of sp³-hybridized carbons (Fsp3) is 0.444. The molecule has 0 saturated carbocycles. The summed E-state index contributed by atoms with van der Waals surface area (Å²) in [6, 6.07) is 15.2. The van der Waals surface area contributed by atoms with Crippen LogP contribution in [-0.4, -0.2) is 18.8 Å². The van der Waals surface area contributed by atoms with Crippen LogP contribution in [0.5, 0.6) is 0 Å². The van der Waals surface area contributed by atoms with Crippen molar-refractivity contribution in [2.24, 2.45) is 5.73 Å². The molecule has 0 aliphatic carbocycles. The molecule has 2 heteroatoms. The molecule has 20 heavy (non-hydrogen) atoms.